The molecule has 1 aliphatic carbocycles. The molecular weight excluding hydrogens is 450 g/mol. The van der Waals surface area contributed by atoms with Gasteiger partial charge < -0.3 is 19.1 Å². The van der Waals surface area contributed by atoms with Crippen LogP contribution in [0.3, 0.4) is 0 Å². The summed E-state index contributed by atoms with van der Waals surface area (Å²) in [4.78, 5) is 15.7. The summed E-state index contributed by atoms with van der Waals surface area (Å²) < 4.78 is 17.9. The maximum absolute atomic E-state index is 13.3. The number of hydrogen-bond donors (Lipinski definition) is 0. The van der Waals surface area contributed by atoms with Gasteiger partial charge in [-0.05, 0) is 78.1 Å². The molecule has 0 radical (unpaired) electrons. The Balaban J connectivity index is 1.40. The van der Waals surface area contributed by atoms with E-state index in [1.807, 2.05) is 6.08 Å². The number of carbonyl (C=O) groups is 1. The van der Waals surface area contributed by atoms with Gasteiger partial charge in [0, 0.05) is 29.4 Å². The van der Waals surface area contributed by atoms with Crippen LogP contribution in [0, 0.1) is 5.41 Å². The maximum atomic E-state index is 13.3. The summed E-state index contributed by atoms with van der Waals surface area (Å²) in [6.07, 6.45) is 8.44. The van der Waals surface area contributed by atoms with E-state index in [2.05, 4.69) is 69.9 Å². The van der Waals surface area contributed by atoms with Gasteiger partial charge in [0.1, 0.15) is 19.0 Å². The van der Waals surface area contributed by atoms with E-state index >= 15 is 0 Å². The average Bonchev–Trinajstić information content (AvgIpc) is 3.24. The monoisotopic (exact) mass is 485 g/mol. The Morgan fingerprint density at radius 3 is 2.28 bits per heavy atom. The number of carbonyl (C=O) groups excluding carboxylic acids is 1. The van der Waals surface area contributed by atoms with Crippen LogP contribution in [0.4, 0.5) is 5.69 Å². The van der Waals surface area contributed by atoms with Crippen molar-refractivity contribution >= 4 is 11.5 Å². The molecule has 0 amide bonds. The molecule has 0 N–H and O–H groups in total. The summed E-state index contributed by atoms with van der Waals surface area (Å²) in [6.45, 7) is 13.2. The summed E-state index contributed by atoms with van der Waals surface area (Å²) in [6, 6.07) is 8.39. The fourth-order valence-corrected chi connectivity index (χ4v) is 5.94. The molecule has 2 aromatic carbocycles. The van der Waals surface area contributed by atoms with Crippen molar-refractivity contribution in [3.05, 3.63) is 70.1 Å². The van der Waals surface area contributed by atoms with Gasteiger partial charge in [0.2, 0.25) is 5.78 Å². The number of fused-ring (bicyclic) bond motifs is 4. The molecule has 0 saturated carbocycles. The number of aryl methyl sites for hydroxylation is 2. The number of rotatable bonds is 2. The Kier molecular flexibility index (Phi) is 5.26. The maximum Gasteiger partial charge on any atom is 0.231 e. The van der Waals surface area contributed by atoms with Gasteiger partial charge >= 0.3 is 0 Å². The molecule has 0 saturated heterocycles. The number of nitrogens with zero attached hydrogens (tertiary/aromatic N) is 1. The van der Waals surface area contributed by atoms with Crippen LogP contribution in [0.2, 0.25) is 0 Å². The molecule has 0 unspecified atom stereocenters. The van der Waals surface area contributed by atoms with Crippen molar-refractivity contribution in [3.63, 3.8) is 0 Å². The molecule has 3 heterocycles. The lowest BCUT2D eigenvalue weighted by Crippen LogP contribution is -2.33. The van der Waals surface area contributed by atoms with Crippen molar-refractivity contribution in [2.75, 3.05) is 24.7 Å². The van der Waals surface area contributed by atoms with E-state index in [1.54, 1.807) is 0 Å². The summed E-state index contributed by atoms with van der Waals surface area (Å²) >= 11 is 0. The first-order chi connectivity index (χ1) is 17.1. The molecule has 6 rings (SSSR count). The fourth-order valence-electron chi connectivity index (χ4n) is 5.94. The third-order valence-electron chi connectivity index (χ3n) is 7.71. The van der Waals surface area contributed by atoms with Crippen LogP contribution in [-0.4, -0.2) is 25.5 Å². The van der Waals surface area contributed by atoms with Gasteiger partial charge in [-0.25, -0.2) is 0 Å². The number of ether oxygens (including phenoxy) is 3. The topological polar surface area (TPSA) is 48.0 Å². The second kappa shape index (κ2) is 8.16. The van der Waals surface area contributed by atoms with Crippen LogP contribution >= 0.6 is 0 Å². The molecule has 0 atom stereocenters. The smallest absolute Gasteiger partial charge is 0.231 e. The Morgan fingerprint density at radius 1 is 0.917 bits per heavy atom. The molecule has 5 heteroatoms. The minimum atomic E-state index is -0.277. The Bertz CT molecular complexity index is 1330. The van der Waals surface area contributed by atoms with Crippen molar-refractivity contribution < 1.29 is 19.0 Å². The van der Waals surface area contributed by atoms with E-state index in [-0.39, 0.29) is 16.6 Å². The molecule has 0 fully saturated rings. The number of Topliss-reactive ketones (excluding diaryl/α,β-unsaturated/α-hetero) is 1. The normalized spacial score (nSPS) is 21.9. The largest absolute Gasteiger partial charge is 0.486 e. The Morgan fingerprint density at radius 2 is 1.58 bits per heavy atom. The molecule has 4 aliphatic rings. The van der Waals surface area contributed by atoms with E-state index in [0.29, 0.717) is 30.3 Å². The molecule has 3 aliphatic heterocycles. The number of hydrogen-bond acceptors (Lipinski definition) is 5. The van der Waals surface area contributed by atoms with E-state index in [9.17, 15) is 4.79 Å². The highest BCUT2D eigenvalue weighted by atomic mass is 16.6. The van der Waals surface area contributed by atoms with E-state index in [0.717, 1.165) is 42.3 Å². The lowest BCUT2D eigenvalue weighted by atomic mass is 9.83. The first kappa shape index (κ1) is 23.2. The highest BCUT2D eigenvalue weighted by Crippen LogP contribution is 2.52. The van der Waals surface area contributed by atoms with Crippen molar-refractivity contribution in [2.24, 2.45) is 5.41 Å². The zero-order chi connectivity index (χ0) is 25.2. The lowest BCUT2D eigenvalue weighted by molar-refractivity contribution is 0.101. The Labute approximate surface area is 213 Å². The molecule has 0 bridgehead atoms. The van der Waals surface area contributed by atoms with E-state index in [1.165, 1.54) is 29.5 Å². The number of benzene rings is 2. The first-order valence-corrected chi connectivity index (χ1v) is 13.1. The summed E-state index contributed by atoms with van der Waals surface area (Å²) in [5, 5.41) is 0. The van der Waals surface area contributed by atoms with Crippen LogP contribution in [0.15, 0.2) is 47.9 Å². The van der Waals surface area contributed by atoms with Crippen LogP contribution in [0.25, 0.3) is 0 Å². The molecular formula is C31H35NO4. The third kappa shape index (κ3) is 3.80. The highest BCUT2D eigenvalue weighted by Gasteiger charge is 2.42. The highest BCUT2D eigenvalue weighted by molar-refractivity contribution is 6.12. The first-order valence-electron chi connectivity index (χ1n) is 13.1. The van der Waals surface area contributed by atoms with Crippen molar-refractivity contribution in [1.82, 2.24) is 0 Å². The summed E-state index contributed by atoms with van der Waals surface area (Å²) in [5.74, 6) is 2.67. The van der Waals surface area contributed by atoms with E-state index in [4.69, 9.17) is 14.2 Å². The van der Waals surface area contributed by atoms with Crippen LogP contribution in [0.1, 0.15) is 74.5 Å². The lowest BCUT2D eigenvalue weighted by Gasteiger charge is -2.32. The summed E-state index contributed by atoms with van der Waals surface area (Å²) in [5.41, 5.74) is 6.58. The minimum Gasteiger partial charge on any atom is -0.486 e. The van der Waals surface area contributed by atoms with Crippen LogP contribution < -0.4 is 19.1 Å². The zero-order valence-electron chi connectivity index (χ0n) is 22.0. The Hall–Kier alpha value is -3.21. The SMILES string of the molecule is CC(C)(C)CN1/C(=C/C=C2\Oc3cc4c(cc3C2=O)CCCC4)C(C)(C)c2cc3c(cc21)OCCO3. The predicted octanol–water partition coefficient (Wildman–Crippen LogP) is 6.52. The molecule has 0 spiro atoms. The number of allylic oxidation sites excluding steroid dienone is 4. The summed E-state index contributed by atoms with van der Waals surface area (Å²) in [7, 11) is 0. The van der Waals surface area contributed by atoms with Gasteiger partial charge in [-0.1, -0.05) is 34.6 Å². The van der Waals surface area contributed by atoms with Gasteiger partial charge in [0.15, 0.2) is 17.3 Å². The van der Waals surface area contributed by atoms with E-state index < -0.39 is 0 Å². The predicted molar refractivity (Wildman–Crippen MR) is 141 cm³/mol. The molecule has 0 aromatic heterocycles. The fraction of sp³-hybridized carbons (Fsp3) is 0.452. The van der Waals surface area contributed by atoms with Gasteiger partial charge in [-0.2, -0.15) is 0 Å². The van der Waals surface area contributed by atoms with Crippen LogP contribution in [-0.2, 0) is 18.3 Å². The zero-order valence-corrected chi connectivity index (χ0v) is 22.0. The van der Waals surface area contributed by atoms with Gasteiger partial charge in [-0.3, -0.25) is 4.79 Å². The van der Waals surface area contributed by atoms with Crippen LogP contribution in [0.5, 0.6) is 17.2 Å². The molecule has 188 valence electrons. The van der Waals surface area contributed by atoms with Crippen molar-refractivity contribution in [1.29, 1.82) is 0 Å². The molecule has 36 heavy (non-hydrogen) atoms. The quantitative estimate of drug-likeness (QED) is 0.453. The van der Waals surface area contributed by atoms with Crippen molar-refractivity contribution in [3.8, 4) is 17.2 Å². The van der Waals surface area contributed by atoms with Gasteiger partial charge in [0.25, 0.3) is 0 Å². The van der Waals surface area contributed by atoms with Crippen molar-refractivity contribution in [2.45, 2.75) is 65.7 Å². The minimum absolute atomic E-state index is 0.0248. The second-order valence-corrected chi connectivity index (χ2v) is 12.1. The average molecular weight is 486 g/mol. The molecule has 5 nitrogen and oxygen atoms in total. The van der Waals surface area contributed by atoms with Gasteiger partial charge in [0.05, 0.1) is 5.56 Å². The number of anilines is 1. The van der Waals surface area contributed by atoms with Gasteiger partial charge in [-0.15, -0.1) is 0 Å². The standard InChI is InChI=1S/C31H35NO4/c1-30(2,3)18-32-23-17-27-26(34-12-13-35-27)16-22(23)31(4,5)28(32)11-10-24-29(33)21-14-19-8-6-7-9-20(19)15-25(21)36-24/h10-11,14-17H,6-9,12-13,18H2,1-5H3/b24-10-,28-11+. The second-order valence-electron chi connectivity index (χ2n) is 12.1. The third-order valence-corrected chi connectivity index (χ3v) is 7.71. The molecule has 2 aromatic rings. The number of ketones is 1.